The molecule has 0 radical (unpaired) electrons. The molecule has 0 spiro atoms. The number of hydrogen-bond donors (Lipinski definition) is 1. The summed E-state index contributed by atoms with van der Waals surface area (Å²) in [5.74, 6) is 0.714. The van der Waals surface area contributed by atoms with E-state index >= 15 is 0 Å². The molecule has 7 heteroatoms. The Labute approximate surface area is 169 Å². The van der Waals surface area contributed by atoms with Crippen molar-refractivity contribution in [3.8, 4) is 11.3 Å². The second-order valence-corrected chi connectivity index (χ2v) is 7.68. The Morgan fingerprint density at radius 3 is 2.69 bits per heavy atom. The minimum Gasteiger partial charge on any atom is -0.379 e. The van der Waals surface area contributed by atoms with Crippen LogP contribution in [0.5, 0.6) is 0 Å². The number of carbonyl (C=O) groups excluding carboxylic acids is 1. The number of nitrogens with one attached hydrogen (secondary N) is 1. The molecule has 148 valence electrons. The minimum atomic E-state index is 0.0614. The number of aromatic nitrogens is 3. The molecule has 1 amide bonds. The van der Waals surface area contributed by atoms with Gasteiger partial charge < -0.3 is 10.1 Å². The maximum absolute atomic E-state index is 12.6. The lowest BCUT2D eigenvalue weighted by Gasteiger charge is -2.43. The molecule has 1 saturated carbocycles. The van der Waals surface area contributed by atoms with E-state index in [-0.39, 0.29) is 11.8 Å². The Morgan fingerprint density at radius 1 is 1.03 bits per heavy atom. The topological polar surface area (TPSA) is 80.2 Å². The molecule has 1 saturated heterocycles. The highest BCUT2D eigenvalue weighted by atomic mass is 16.5. The lowest BCUT2D eigenvalue weighted by molar-refractivity contribution is -0.125. The van der Waals surface area contributed by atoms with Crippen molar-refractivity contribution in [2.45, 2.75) is 18.9 Å². The highest BCUT2D eigenvalue weighted by molar-refractivity contribution is 5.95. The zero-order valence-corrected chi connectivity index (χ0v) is 16.1. The van der Waals surface area contributed by atoms with Crippen LogP contribution in [0.3, 0.4) is 0 Å². The fourth-order valence-electron chi connectivity index (χ4n) is 4.09. The van der Waals surface area contributed by atoms with Gasteiger partial charge in [0.05, 0.1) is 25.1 Å². The summed E-state index contributed by atoms with van der Waals surface area (Å²) in [4.78, 5) is 28.0. The van der Waals surface area contributed by atoms with E-state index in [2.05, 4.69) is 31.2 Å². The molecule has 7 nitrogen and oxygen atoms in total. The fourth-order valence-corrected chi connectivity index (χ4v) is 4.09. The van der Waals surface area contributed by atoms with Crippen molar-refractivity contribution >= 4 is 22.5 Å². The van der Waals surface area contributed by atoms with E-state index in [9.17, 15) is 4.79 Å². The van der Waals surface area contributed by atoms with Gasteiger partial charge in [-0.3, -0.25) is 19.7 Å². The largest absolute Gasteiger partial charge is 0.379 e. The molecule has 2 aliphatic rings. The smallest absolute Gasteiger partial charge is 0.228 e. The number of anilines is 1. The first kappa shape index (κ1) is 18.1. The number of nitrogens with zero attached hydrogens (tertiary/aromatic N) is 4. The molecule has 3 heterocycles. The molecule has 29 heavy (non-hydrogen) atoms. The average Bonchev–Trinajstić information content (AvgIpc) is 2.73. The molecule has 1 aliphatic heterocycles. The number of ether oxygens (including phenoxy) is 1. The highest BCUT2D eigenvalue weighted by Crippen LogP contribution is 2.33. The van der Waals surface area contributed by atoms with Crippen molar-refractivity contribution in [3.63, 3.8) is 0 Å². The van der Waals surface area contributed by atoms with E-state index in [4.69, 9.17) is 4.74 Å². The summed E-state index contributed by atoms with van der Waals surface area (Å²) in [5, 5.41) is 5.03. The molecule has 0 bridgehead atoms. The van der Waals surface area contributed by atoms with Crippen LogP contribution in [0.15, 0.2) is 49.1 Å². The first-order valence-electron chi connectivity index (χ1n) is 10.0. The van der Waals surface area contributed by atoms with E-state index in [0.717, 1.165) is 61.2 Å². The number of benzene rings is 1. The third kappa shape index (κ3) is 3.83. The number of fused-ring (bicyclic) bond motifs is 1. The summed E-state index contributed by atoms with van der Waals surface area (Å²) >= 11 is 0. The van der Waals surface area contributed by atoms with Crippen LogP contribution < -0.4 is 5.32 Å². The Kier molecular flexibility index (Phi) is 4.91. The van der Waals surface area contributed by atoms with Crippen LogP contribution in [-0.4, -0.2) is 58.1 Å². The van der Waals surface area contributed by atoms with Gasteiger partial charge in [0.2, 0.25) is 5.91 Å². The summed E-state index contributed by atoms with van der Waals surface area (Å²) in [6, 6.07) is 8.50. The van der Waals surface area contributed by atoms with Gasteiger partial charge in [-0.15, -0.1) is 0 Å². The van der Waals surface area contributed by atoms with E-state index in [0.29, 0.717) is 11.9 Å². The zero-order valence-electron chi connectivity index (χ0n) is 16.1. The van der Waals surface area contributed by atoms with Gasteiger partial charge in [0.1, 0.15) is 5.82 Å². The number of morpholine rings is 1. The molecular formula is C22H23N5O2. The second kappa shape index (κ2) is 7.85. The Balaban J connectivity index is 1.26. The number of rotatable bonds is 4. The molecule has 1 aromatic carbocycles. The quantitative estimate of drug-likeness (QED) is 0.739. The lowest BCUT2D eigenvalue weighted by Crippen LogP contribution is -2.52. The predicted molar refractivity (Wildman–Crippen MR) is 110 cm³/mol. The zero-order chi connectivity index (χ0) is 19.6. The molecule has 0 atom stereocenters. The third-order valence-electron chi connectivity index (χ3n) is 5.88. The van der Waals surface area contributed by atoms with Gasteiger partial charge >= 0.3 is 0 Å². The maximum Gasteiger partial charge on any atom is 0.228 e. The Bertz CT molecular complexity index is 1010. The van der Waals surface area contributed by atoms with Crippen LogP contribution in [0.25, 0.3) is 22.0 Å². The van der Waals surface area contributed by atoms with Crippen molar-refractivity contribution in [2.75, 3.05) is 31.6 Å². The first-order chi connectivity index (χ1) is 14.3. The Morgan fingerprint density at radius 2 is 1.90 bits per heavy atom. The monoisotopic (exact) mass is 389 g/mol. The average molecular weight is 389 g/mol. The Hall–Kier alpha value is -2.90. The first-order valence-corrected chi connectivity index (χ1v) is 10.0. The molecule has 2 fully saturated rings. The van der Waals surface area contributed by atoms with E-state index < -0.39 is 0 Å². The number of hydrogen-bond acceptors (Lipinski definition) is 6. The molecule has 2 aromatic heterocycles. The molecule has 0 unspecified atom stereocenters. The van der Waals surface area contributed by atoms with Crippen LogP contribution in [0.4, 0.5) is 5.82 Å². The predicted octanol–water partition coefficient (Wildman–Crippen LogP) is 2.74. The van der Waals surface area contributed by atoms with Gasteiger partial charge in [-0.25, -0.2) is 4.98 Å². The third-order valence-corrected chi connectivity index (χ3v) is 5.88. The van der Waals surface area contributed by atoms with Gasteiger partial charge in [-0.1, -0.05) is 12.1 Å². The SMILES string of the molecule is O=C(Nc1cc2cc(-c3cnccn3)ccc2cn1)[C@H]1C[C@H](N2CCOCC2)C1. The minimum absolute atomic E-state index is 0.0614. The summed E-state index contributed by atoms with van der Waals surface area (Å²) < 4.78 is 5.41. The summed E-state index contributed by atoms with van der Waals surface area (Å²) in [5.41, 5.74) is 1.81. The van der Waals surface area contributed by atoms with Crippen molar-refractivity contribution in [2.24, 2.45) is 5.92 Å². The van der Waals surface area contributed by atoms with Gasteiger partial charge in [-0.05, 0) is 30.4 Å². The number of amides is 1. The molecule has 5 rings (SSSR count). The van der Waals surface area contributed by atoms with E-state index in [1.54, 1.807) is 24.8 Å². The molecule has 1 N–H and O–H groups in total. The summed E-state index contributed by atoms with van der Waals surface area (Å²) in [6.45, 7) is 3.54. The summed E-state index contributed by atoms with van der Waals surface area (Å²) in [7, 11) is 0. The van der Waals surface area contributed by atoms with Crippen LogP contribution >= 0.6 is 0 Å². The highest BCUT2D eigenvalue weighted by Gasteiger charge is 2.38. The maximum atomic E-state index is 12.6. The second-order valence-electron chi connectivity index (χ2n) is 7.68. The van der Waals surface area contributed by atoms with Crippen LogP contribution in [0.2, 0.25) is 0 Å². The van der Waals surface area contributed by atoms with Crippen LogP contribution in [-0.2, 0) is 9.53 Å². The summed E-state index contributed by atoms with van der Waals surface area (Å²) in [6.07, 6.45) is 8.70. The van der Waals surface area contributed by atoms with Gasteiger partial charge in [0, 0.05) is 54.6 Å². The van der Waals surface area contributed by atoms with Crippen LogP contribution in [0, 0.1) is 5.92 Å². The van der Waals surface area contributed by atoms with Crippen molar-refractivity contribution in [3.05, 3.63) is 49.1 Å². The van der Waals surface area contributed by atoms with Gasteiger partial charge in [0.25, 0.3) is 0 Å². The molecule has 3 aromatic rings. The normalized spacial score (nSPS) is 22.2. The lowest BCUT2D eigenvalue weighted by atomic mass is 9.78. The van der Waals surface area contributed by atoms with Gasteiger partial charge in [-0.2, -0.15) is 0 Å². The van der Waals surface area contributed by atoms with Crippen molar-refractivity contribution in [1.82, 2.24) is 19.9 Å². The van der Waals surface area contributed by atoms with Gasteiger partial charge in [0.15, 0.2) is 0 Å². The number of carbonyl (C=O) groups is 1. The van der Waals surface area contributed by atoms with E-state index in [1.807, 2.05) is 18.2 Å². The standard InChI is InChI=1S/C22H23N5O2/c28-22(18-10-19(11-18)27-5-7-29-8-6-27)26-21-12-17-9-15(1-2-16(17)13-25-21)20-14-23-3-4-24-20/h1-4,9,12-14,18-19H,5-8,10-11H2,(H,25,26,28)/t18-,19-. The molecular weight excluding hydrogens is 366 g/mol. The number of pyridine rings is 1. The van der Waals surface area contributed by atoms with Crippen LogP contribution in [0.1, 0.15) is 12.8 Å². The molecule has 1 aliphatic carbocycles. The fraction of sp³-hybridized carbons (Fsp3) is 0.364. The van der Waals surface area contributed by atoms with Crippen molar-refractivity contribution in [1.29, 1.82) is 0 Å². The van der Waals surface area contributed by atoms with Crippen molar-refractivity contribution < 1.29 is 9.53 Å². The van der Waals surface area contributed by atoms with E-state index in [1.165, 1.54) is 0 Å².